The summed E-state index contributed by atoms with van der Waals surface area (Å²) in [5, 5.41) is 0. The van der Waals surface area contributed by atoms with E-state index in [-0.39, 0.29) is 18.4 Å². The van der Waals surface area contributed by atoms with Gasteiger partial charge in [0.25, 0.3) is 0 Å². The number of hydrogen-bond acceptors (Lipinski definition) is 4. The van der Waals surface area contributed by atoms with Crippen LogP contribution in [0.4, 0.5) is 0 Å². The first-order valence-electron chi connectivity index (χ1n) is 8.13. The number of esters is 1. The highest BCUT2D eigenvalue weighted by molar-refractivity contribution is 5.91. The van der Waals surface area contributed by atoms with Gasteiger partial charge in [-0.25, -0.2) is 0 Å². The van der Waals surface area contributed by atoms with E-state index in [1.165, 1.54) is 13.2 Å². The third kappa shape index (κ3) is 5.64. The highest BCUT2D eigenvalue weighted by atomic mass is 16.5. The zero-order valence-electron chi connectivity index (χ0n) is 14.8. The number of hydrogen-bond donors (Lipinski definition) is 0. The minimum absolute atomic E-state index is 0.187. The third-order valence-electron chi connectivity index (χ3n) is 3.84. The minimum Gasteiger partial charge on any atom is -0.469 e. The summed E-state index contributed by atoms with van der Waals surface area (Å²) >= 11 is 0. The quantitative estimate of drug-likeness (QED) is 0.572. The Kier molecular flexibility index (Phi) is 6.57. The van der Waals surface area contributed by atoms with Crippen LogP contribution in [0.15, 0.2) is 53.2 Å². The second-order valence-corrected chi connectivity index (χ2v) is 5.98. The zero-order valence-corrected chi connectivity index (χ0v) is 14.8. The first kappa shape index (κ1) is 18.5. The van der Waals surface area contributed by atoms with Crippen molar-refractivity contribution in [3.05, 3.63) is 65.6 Å². The average molecular weight is 341 g/mol. The molecule has 2 aromatic rings. The van der Waals surface area contributed by atoms with Gasteiger partial charge in [-0.05, 0) is 30.7 Å². The molecule has 132 valence electrons. The van der Waals surface area contributed by atoms with Crippen molar-refractivity contribution in [3.8, 4) is 0 Å². The zero-order chi connectivity index (χ0) is 18.2. The molecular formula is C20H23NO4. The van der Waals surface area contributed by atoms with Gasteiger partial charge in [0.2, 0.25) is 5.91 Å². The van der Waals surface area contributed by atoms with Gasteiger partial charge in [0.1, 0.15) is 5.76 Å². The van der Waals surface area contributed by atoms with Crippen LogP contribution < -0.4 is 0 Å². The smallest absolute Gasteiger partial charge is 0.310 e. The van der Waals surface area contributed by atoms with E-state index in [1.54, 1.807) is 36.3 Å². The Bertz CT molecular complexity index is 717. The first-order chi connectivity index (χ1) is 12.0. The molecule has 0 saturated heterocycles. The predicted molar refractivity (Wildman–Crippen MR) is 95.5 cm³/mol. The number of ether oxygens (including phenoxy) is 1. The van der Waals surface area contributed by atoms with E-state index in [4.69, 9.17) is 9.15 Å². The van der Waals surface area contributed by atoms with Crippen LogP contribution in [-0.2, 0) is 20.9 Å². The molecule has 5 heteroatoms. The van der Waals surface area contributed by atoms with Crippen LogP contribution in [0.3, 0.4) is 0 Å². The van der Waals surface area contributed by atoms with Gasteiger partial charge in [-0.3, -0.25) is 9.59 Å². The van der Waals surface area contributed by atoms with Crippen molar-refractivity contribution in [1.82, 2.24) is 4.90 Å². The van der Waals surface area contributed by atoms with Gasteiger partial charge in [0.15, 0.2) is 0 Å². The highest BCUT2D eigenvalue weighted by Crippen LogP contribution is 2.12. The lowest BCUT2D eigenvalue weighted by atomic mass is 10.1. The lowest BCUT2D eigenvalue weighted by Crippen LogP contribution is -2.35. The summed E-state index contributed by atoms with van der Waals surface area (Å²) in [4.78, 5) is 26.0. The lowest BCUT2D eigenvalue weighted by Gasteiger charge is -2.24. The fourth-order valence-electron chi connectivity index (χ4n) is 2.40. The number of benzene rings is 1. The molecule has 0 aliphatic rings. The standard InChI is InChI=1S/C20H23NO4/c1-15-6-8-17(9-7-15)14-21(13-16(2)20(23)24-3)19(22)11-10-18-5-4-12-25-18/h4-12,16H,13-14H2,1-3H3/b11-10+. The van der Waals surface area contributed by atoms with Crippen molar-refractivity contribution < 1.29 is 18.7 Å². The molecule has 0 fully saturated rings. The normalized spacial score (nSPS) is 12.1. The number of nitrogens with zero attached hydrogens (tertiary/aromatic N) is 1. The Morgan fingerprint density at radius 1 is 1.24 bits per heavy atom. The summed E-state index contributed by atoms with van der Waals surface area (Å²) in [5.41, 5.74) is 2.16. The summed E-state index contributed by atoms with van der Waals surface area (Å²) in [6.07, 6.45) is 4.62. The maximum absolute atomic E-state index is 12.6. The van der Waals surface area contributed by atoms with Crippen molar-refractivity contribution in [2.24, 2.45) is 5.92 Å². The molecule has 0 aliphatic carbocycles. The Hall–Kier alpha value is -2.82. The summed E-state index contributed by atoms with van der Waals surface area (Å²) in [6.45, 7) is 4.46. The number of furan rings is 1. The van der Waals surface area contributed by atoms with Crippen molar-refractivity contribution in [1.29, 1.82) is 0 Å². The molecule has 0 bridgehead atoms. The molecule has 5 nitrogen and oxygen atoms in total. The SMILES string of the molecule is COC(=O)C(C)CN(Cc1ccc(C)cc1)C(=O)/C=C/c1ccco1. The topological polar surface area (TPSA) is 59.8 Å². The number of amides is 1. The van der Waals surface area contributed by atoms with Gasteiger partial charge in [0, 0.05) is 19.2 Å². The summed E-state index contributed by atoms with van der Waals surface area (Å²) in [7, 11) is 1.35. The van der Waals surface area contributed by atoms with E-state index in [1.807, 2.05) is 31.2 Å². The van der Waals surface area contributed by atoms with Gasteiger partial charge in [-0.2, -0.15) is 0 Å². The molecule has 0 N–H and O–H groups in total. The van der Waals surface area contributed by atoms with Gasteiger partial charge in [-0.15, -0.1) is 0 Å². The van der Waals surface area contributed by atoms with E-state index < -0.39 is 5.92 Å². The monoisotopic (exact) mass is 341 g/mol. The van der Waals surface area contributed by atoms with Crippen LogP contribution in [0, 0.1) is 12.8 Å². The van der Waals surface area contributed by atoms with E-state index in [9.17, 15) is 9.59 Å². The van der Waals surface area contributed by atoms with Gasteiger partial charge >= 0.3 is 5.97 Å². The molecule has 1 heterocycles. The van der Waals surface area contributed by atoms with E-state index in [0.29, 0.717) is 12.3 Å². The predicted octanol–water partition coefficient (Wildman–Crippen LogP) is 3.44. The molecule has 0 radical (unpaired) electrons. The maximum Gasteiger partial charge on any atom is 0.310 e. The number of carbonyl (C=O) groups is 2. The molecule has 1 aromatic carbocycles. The van der Waals surface area contributed by atoms with Crippen LogP contribution in [0.1, 0.15) is 23.8 Å². The van der Waals surface area contributed by atoms with Gasteiger partial charge in [-0.1, -0.05) is 36.8 Å². The molecule has 25 heavy (non-hydrogen) atoms. The Morgan fingerprint density at radius 2 is 1.96 bits per heavy atom. The average Bonchev–Trinajstić information content (AvgIpc) is 3.13. The molecule has 1 amide bonds. The summed E-state index contributed by atoms with van der Waals surface area (Å²) in [5.74, 6) is -0.328. The Labute approximate surface area is 147 Å². The van der Waals surface area contributed by atoms with Crippen molar-refractivity contribution >= 4 is 18.0 Å². The molecular weight excluding hydrogens is 318 g/mol. The molecule has 1 atom stereocenters. The Balaban J connectivity index is 2.13. The lowest BCUT2D eigenvalue weighted by molar-refractivity contribution is -0.146. The van der Waals surface area contributed by atoms with Gasteiger partial charge < -0.3 is 14.1 Å². The third-order valence-corrected chi connectivity index (χ3v) is 3.84. The fourth-order valence-corrected chi connectivity index (χ4v) is 2.40. The van der Waals surface area contributed by atoms with Crippen LogP contribution in [0.2, 0.25) is 0 Å². The van der Waals surface area contributed by atoms with Gasteiger partial charge in [0.05, 0.1) is 19.3 Å². The largest absolute Gasteiger partial charge is 0.469 e. The molecule has 1 aromatic heterocycles. The van der Waals surface area contributed by atoms with Crippen molar-refractivity contribution in [2.45, 2.75) is 20.4 Å². The number of aryl methyl sites for hydroxylation is 1. The van der Waals surface area contributed by atoms with Crippen LogP contribution >= 0.6 is 0 Å². The molecule has 0 aliphatic heterocycles. The highest BCUT2D eigenvalue weighted by Gasteiger charge is 2.20. The summed E-state index contributed by atoms with van der Waals surface area (Å²) in [6, 6.07) is 11.5. The fraction of sp³-hybridized carbons (Fsp3) is 0.300. The minimum atomic E-state index is -0.406. The van der Waals surface area contributed by atoms with Crippen molar-refractivity contribution in [2.75, 3.05) is 13.7 Å². The van der Waals surface area contributed by atoms with Crippen LogP contribution in [0.5, 0.6) is 0 Å². The van der Waals surface area contributed by atoms with E-state index >= 15 is 0 Å². The molecule has 0 spiro atoms. The second-order valence-electron chi connectivity index (χ2n) is 5.98. The first-order valence-corrected chi connectivity index (χ1v) is 8.13. The number of methoxy groups -OCH3 is 1. The van der Waals surface area contributed by atoms with E-state index in [0.717, 1.165) is 11.1 Å². The molecule has 1 unspecified atom stereocenters. The molecule has 2 rings (SSSR count). The molecule has 0 saturated carbocycles. The maximum atomic E-state index is 12.6. The number of carbonyl (C=O) groups excluding carboxylic acids is 2. The van der Waals surface area contributed by atoms with E-state index in [2.05, 4.69) is 0 Å². The second kappa shape index (κ2) is 8.87. The van der Waals surface area contributed by atoms with Crippen LogP contribution in [-0.4, -0.2) is 30.4 Å². The number of rotatable bonds is 7. The summed E-state index contributed by atoms with van der Waals surface area (Å²) < 4.78 is 9.97. The van der Waals surface area contributed by atoms with Crippen LogP contribution in [0.25, 0.3) is 6.08 Å². The Morgan fingerprint density at radius 3 is 2.56 bits per heavy atom. The van der Waals surface area contributed by atoms with Crippen molar-refractivity contribution in [3.63, 3.8) is 0 Å².